The van der Waals surface area contributed by atoms with E-state index in [4.69, 9.17) is 18.5 Å². The fourth-order valence-corrected chi connectivity index (χ4v) is 7.85. The van der Waals surface area contributed by atoms with Crippen molar-refractivity contribution in [2.45, 2.75) is 238 Å². The number of phosphoric ester groups is 1. The third kappa shape index (κ3) is 47.7. The Hall–Kier alpha value is -1.77. The highest BCUT2D eigenvalue weighted by Crippen LogP contribution is 2.43. The van der Waals surface area contributed by atoms with E-state index in [-0.39, 0.29) is 32.0 Å². The topological polar surface area (TPSA) is 108 Å². The lowest BCUT2D eigenvalue weighted by Crippen LogP contribution is -2.37. The van der Waals surface area contributed by atoms with Gasteiger partial charge in [0.25, 0.3) is 0 Å². The van der Waals surface area contributed by atoms with Crippen molar-refractivity contribution in [2.24, 2.45) is 0 Å². The lowest BCUT2D eigenvalue weighted by Gasteiger charge is -2.24. The van der Waals surface area contributed by atoms with Gasteiger partial charge in [-0.2, -0.15) is 0 Å². The van der Waals surface area contributed by atoms with Crippen LogP contribution in [0.25, 0.3) is 0 Å². The third-order valence-corrected chi connectivity index (χ3v) is 12.1. The number of allylic oxidation sites excluding steroid dienone is 6. The quantitative estimate of drug-likeness (QED) is 0.0212. The highest BCUT2D eigenvalue weighted by atomic mass is 31.2. The highest BCUT2D eigenvalue weighted by Gasteiger charge is 2.27. The molecule has 0 radical (unpaired) electrons. The molecule has 0 aromatic heterocycles. The van der Waals surface area contributed by atoms with E-state index in [1.54, 1.807) is 0 Å². The standard InChI is InChI=1S/C52H98NO8P/c1-6-8-10-12-14-16-18-20-21-22-23-24-25-26-27-28-29-30-31-33-34-36-38-40-42-44-51(54)58-48-50(49-60-62(56,57)59-47-46-53(3,4)5)61-52(55)45-43-41-39-37-35-32-19-17-15-13-11-9-7-2/h11,13,17,19,22-23,50H,6-10,12,14-16,18,20-21,24-49H2,1-5H3/p+1/b13-11-,19-17-,23-22-. The molecule has 364 valence electrons. The molecular formula is C52H99NO8P+. The van der Waals surface area contributed by atoms with Gasteiger partial charge in [0, 0.05) is 12.8 Å². The average molecular weight is 897 g/mol. The highest BCUT2D eigenvalue weighted by molar-refractivity contribution is 7.47. The summed E-state index contributed by atoms with van der Waals surface area (Å²) < 4.78 is 34.4. The van der Waals surface area contributed by atoms with Crippen LogP contribution in [0.5, 0.6) is 0 Å². The van der Waals surface area contributed by atoms with Crippen LogP contribution in [0.1, 0.15) is 232 Å². The van der Waals surface area contributed by atoms with Crippen LogP contribution in [0.3, 0.4) is 0 Å². The zero-order chi connectivity index (χ0) is 45.7. The van der Waals surface area contributed by atoms with Crippen LogP contribution in [-0.4, -0.2) is 74.9 Å². The van der Waals surface area contributed by atoms with Gasteiger partial charge in [-0.15, -0.1) is 0 Å². The maximum absolute atomic E-state index is 12.7. The van der Waals surface area contributed by atoms with Crippen LogP contribution in [0.4, 0.5) is 0 Å². The molecule has 0 aromatic carbocycles. The second kappa shape index (κ2) is 44.4. The number of quaternary nitrogens is 1. The first-order valence-corrected chi connectivity index (χ1v) is 27.2. The monoisotopic (exact) mass is 897 g/mol. The first kappa shape index (κ1) is 60.2. The summed E-state index contributed by atoms with van der Waals surface area (Å²) in [4.78, 5) is 35.5. The molecular weight excluding hydrogens is 798 g/mol. The summed E-state index contributed by atoms with van der Waals surface area (Å²) in [5.41, 5.74) is 0. The lowest BCUT2D eigenvalue weighted by atomic mass is 10.0. The van der Waals surface area contributed by atoms with Gasteiger partial charge in [-0.05, 0) is 64.2 Å². The van der Waals surface area contributed by atoms with Crippen LogP contribution in [-0.2, 0) is 32.7 Å². The van der Waals surface area contributed by atoms with Gasteiger partial charge >= 0.3 is 19.8 Å². The Bertz CT molecular complexity index is 1150. The van der Waals surface area contributed by atoms with Crippen LogP contribution >= 0.6 is 7.82 Å². The minimum absolute atomic E-state index is 0.0292. The predicted molar refractivity (Wildman–Crippen MR) is 261 cm³/mol. The predicted octanol–water partition coefficient (Wildman–Crippen LogP) is 15.3. The molecule has 0 aliphatic rings. The number of hydrogen-bond acceptors (Lipinski definition) is 7. The minimum Gasteiger partial charge on any atom is -0.462 e. The van der Waals surface area contributed by atoms with Gasteiger partial charge < -0.3 is 18.9 Å². The van der Waals surface area contributed by atoms with E-state index in [0.29, 0.717) is 17.4 Å². The summed E-state index contributed by atoms with van der Waals surface area (Å²) in [5, 5.41) is 0. The van der Waals surface area contributed by atoms with E-state index in [1.165, 1.54) is 135 Å². The molecule has 0 saturated carbocycles. The Morgan fingerprint density at radius 3 is 1.35 bits per heavy atom. The number of ether oxygens (including phenoxy) is 2. The molecule has 0 spiro atoms. The summed E-state index contributed by atoms with van der Waals surface area (Å²) in [6.07, 6.45) is 52.1. The largest absolute Gasteiger partial charge is 0.472 e. The number of hydrogen-bond donors (Lipinski definition) is 1. The zero-order valence-corrected chi connectivity index (χ0v) is 42.0. The van der Waals surface area contributed by atoms with Crippen LogP contribution < -0.4 is 0 Å². The maximum Gasteiger partial charge on any atom is 0.472 e. The molecule has 0 aromatic rings. The molecule has 0 amide bonds. The first-order valence-electron chi connectivity index (χ1n) is 25.7. The van der Waals surface area contributed by atoms with Crippen LogP contribution in [0, 0.1) is 0 Å². The van der Waals surface area contributed by atoms with Gasteiger partial charge in [0.1, 0.15) is 19.8 Å². The van der Waals surface area contributed by atoms with Crippen molar-refractivity contribution in [3.05, 3.63) is 36.5 Å². The van der Waals surface area contributed by atoms with E-state index >= 15 is 0 Å². The number of phosphoric acid groups is 1. The summed E-state index contributed by atoms with van der Waals surface area (Å²) in [7, 11) is 1.47. The van der Waals surface area contributed by atoms with Gasteiger partial charge in [0.05, 0.1) is 27.7 Å². The van der Waals surface area contributed by atoms with Crippen molar-refractivity contribution in [1.82, 2.24) is 0 Å². The molecule has 0 fully saturated rings. The molecule has 10 heteroatoms. The summed E-state index contributed by atoms with van der Waals surface area (Å²) in [6, 6.07) is 0. The number of carbonyl (C=O) groups is 2. The zero-order valence-electron chi connectivity index (χ0n) is 41.1. The molecule has 9 nitrogen and oxygen atoms in total. The smallest absolute Gasteiger partial charge is 0.462 e. The molecule has 0 rings (SSSR count). The van der Waals surface area contributed by atoms with Crippen molar-refractivity contribution in [1.29, 1.82) is 0 Å². The molecule has 0 aliphatic carbocycles. The van der Waals surface area contributed by atoms with Crippen molar-refractivity contribution in [3.63, 3.8) is 0 Å². The fraction of sp³-hybridized carbons (Fsp3) is 0.846. The Balaban J connectivity index is 4.14. The first-order chi connectivity index (χ1) is 30.0. The van der Waals surface area contributed by atoms with Gasteiger partial charge in [0.15, 0.2) is 6.10 Å². The number of rotatable bonds is 47. The average Bonchev–Trinajstić information content (AvgIpc) is 3.23. The Kier molecular flexibility index (Phi) is 43.2. The third-order valence-electron chi connectivity index (χ3n) is 11.1. The molecule has 1 N–H and O–H groups in total. The number of unbranched alkanes of at least 4 members (excludes halogenated alkanes) is 27. The molecule has 0 heterocycles. The normalized spacial score (nSPS) is 13.7. The van der Waals surface area contributed by atoms with E-state index in [2.05, 4.69) is 50.3 Å². The SMILES string of the molecule is CCC/C=C\C/C=C\CCCCCCCC(=O)OC(COC(=O)CCCCCCCCCCCCCCC/C=C\CCCCCCCCCC)COP(=O)(O)OCC[N+](C)(C)C. The lowest BCUT2D eigenvalue weighted by molar-refractivity contribution is -0.870. The van der Waals surface area contributed by atoms with E-state index in [9.17, 15) is 19.0 Å². The Morgan fingerprint density at radius 1 is 0.500 bits per heavy atom. The molecule has 0 bridgehead atoms. The van der Waals surface area contributed by atoms with Crippen molar-refractivity contribution >= 4 is 19.8 Å². The summed E-state index contributed by atoms with van der Waals surface area (Å²) >= 11 is 0. The van der Waals surface area contributed by atoms with Gasteiger partial charge in [-0.3, -0.25) is 18.6 Å². The van der Waals surface area contributed by atoms with Crippen LogP contribution in [0.2, 0.25) is 0 Å². The van der Waals surface area contributed by atoms with Gasteiger partial charge in [-0.1, -0.05) is 192 Å². The molecule has 62 heavy (non-hydrogen) atoms. The molecule has 0 aliphatic heterocycles. The number of carbonyl (C=O) groups excluding carboxylic acids is 2. The van der Waals surface area contributed by atoms with Crippen molar-refractivity contribution in [2.75, 3.05) is 47.5 Å². The fourth-order valence-electron chi connectivity index (χ4n) is 7.11. The number of likely N-dealkylation sites (N-methyl/N-ethyl adjacent to an activating group) is 1. The summed E-state index contributed by atoms with van der Waals surface area (Å²) in [6.45, 7) is 4.36. The van der Waals surface area contributed by atoms with Gasteiger partial charge in [-0.25, -0.2) is 4.57 Å². The van der Waals surface area contributed by atoms with Crippen molar-refractivity contribution in [3.8, 4) is 0 Å². The molecule has 0 saturated heterocycles. The van der Waals surface area contributed by atoms with E-state index < -0.39 is 26.5 Å². The maximum atomic E-state index is 12.7. The second-order valence-electron chi connectivity index (χ2n) is 18.5. The van der Waals surface area contributed by atoms with Crippen molar-refractivity contribution < 1.29 is 42.1 Å². The molecule has 2 atom stereocenters. The van der Waals surface area contributed by atoms with Crippen LogP contribution in [0.15, 0.2) is 36.5 Å². The second-order valence-corrected chi connectivity index (χ2v) is 20.0. The Labute approximate surface area is 382 Å². The minimum atomic E-state index is -4.38. The van der Waals surface area contributed by atoms with E-state index in [1.807, 2.05) is 21.1 Å². The summed E-state index contributed by atoms with van der Waals surface area (Å²) in [5.74, 6) is -0.809. The molecule has 2 unspecified atom stereocenters. The Morgan fingerprint density at radius 2 is 0.903 bits per heavy atom. The van der Waals surface area contributed by atoms with E-state index in [0.717, 1.165) is 64.2 Å². The van der Waals surface area contributed by atoms with Gasteiger partial charge in [0.2, 0.25) is 0 Å². The number of nitrogens with zero attached hydrogens (tertiary/aromatic N) is 1. The number of esters is 2.